The molecule has 8 nitrogen and oxygen atoms in total. The summed E-state index contributed by atoms with van der Waals surface area (Å²) in [5.41, 5.74) is -0.355. The van der Waals surface area contributed by atoms with Crippen LogP contribution in [0.2, 0.25) is 0 Å². The summed E-state index contributed by atoms with van der Waals surface area (Å²) < 4.78 is 104. The van der Waals surface area contributed by atoms with Gasteiger partial charge in [-0.1, -0.05) is 12.1 Å². The van der Waals surface area contributed by atoms with E-state index in [1.54, 1.807) is 0 Å². The van der Waals surface area contributed by atoms with Gasteiger partial charge in [0.1, 0.15) is 6.04 Å². The molecule has 1 aromatic carbocycles. The Hall–Kier alpha value is -2.39. The lowest BCUT2D eigenvalue weighted by Gasteiger charge is -2.43. The number of hydrogen-bond donors (Lipinski definition) is 1. The van der Waals surface area contributed by atoms with Gasteiger partial charge < -0.3 is 10.2 Å². The van der Waals surface area contributed by atoms with E-state index < -0.39 is 70.9 Å². The van der Waals surface area contributed by atoms with Crippen molar-refractivity contribution >= 4 is 22.0 Å². The van der Waals surface area contributed by atoms with Crippen molar-refractivity contribution in [2.45, 2.75) is 50.6 Å². The van der Waals surface area contributed by atoms with Gasteiger partial charge in [0.25, 0.3) is 10.2 Å². The van der Waals surface area contributed by atoms with Crippen molar-refractivity contribution in [3.63, 3.8) is 0 Å². The number of nitrogens with zero attached hydrogens (tertiary/aromatic N) is 3. The Bertz CT molecular complexity index is 1140. The smallest absolute Gasteiger partial charge is 0.350 e. The topological polar surface area (TPSA) is 90.0 Å². The SMILES string of the molecule is O=C(NCc1ccc(C(F)(F)F)cc1)[C@H]1CCCN1C(=O)[C@H]1CCCN(S(=O)(=O)N2CC(C(F)(F)F)C2)C1. The number of carbonyl (C=O) groups is 2. The average Bonchev–Trinajstić information content (AvgIpc) is 3.30. The molecule has 212 valence electrons. The van der Waals surface area contributed by atoms with E-state index in [1.807, 2.05) is 0 Å². The average molecular weight is 571 g/mol. The van der Waals surface area contributed by atoms with Gasteiger partial charge in [-0.05, 0) is 43.4 Å². The number of carbonyl (C=O) groups excluding carboxylic acids is 2. The normalized spacial score (nSPS) is 24.3. The number of hydrogen-bond acceptors (Lipinski definition) is 4. The summed E-state index contributed by atoms with van der Waals surface area (Å²) in [6.45, 7) is -1.11. The minimum Gasteiger partial charge on any atom is -0.350 e. The largest absolute Gasteiger partial charge is 0.416 e. The van der Waals surface area contributed by atoms with Crippen LogP contribution in [0.25, 0.3) is 0 Å². The lowest BCUT2D eigenvalue weighted by Crippen LogP contribution is -2.60. The third-order valence-electron chi connectivity index (χ3n) is 7.28. The van der Waals surface area contributed by atoms with Gasteiger partial charge in [-0.2, -0.15) is 43.4 Å². The molecule has 0 saturated carbocycles. The Balaban J connectivity index is 1.33. The maximum absolute atomic E-state index is 13.3. The van der Waals surface area contributed by atoms with Crippen LogP contribution in [0.4, 0.5) is 26.3 Å². The van der Waals surface area contributed by atoms with Crippen molar-refractivity contribution < 1.29 is 44.3 Å². The van der Waals surface area contributed by atoms with Crippen LogP contribution in [-0.4, -0.2) is 78.7 Å². The zero-order valence-corrected chi connectivity index (χ0v) is 21.1. The quantitative estimate of drug-likeness (QED) is 0.533. The van der Waals surface area contributed by atoms with Crippen molar-refractivity contribution in [1.82, 2.24) is 18.8 Å². The van der Waals surface area contributed by atoms with Crippen LogP contribution in [0.15, 0.2) is 24.3 Å². The maximum atomic E-state index is 13.3. The Morgan fingerprint density at radius 1 is 0.895 bits per heavy atom. The fourth-order valence-corrected chi connectivity index (χ4v) is 6.80. The molecule has 1 aromatic rings. The second-order valence-electron chi connectivity index (χ2n) is 9.86. The molecule has 2 amide bonds. The third-order valence-corrected chi connectivity index (χ3v) is 9.22. The minimum absolute atomic E-state index is 0.0281. The highest BCUT2D eigenvalue weighted by Gasteiger charge is 2.52. The summed E-state index contributed by atoms with van der Waals surface area (Å²) in [5.74, 6) is -3.30. The molecule has 3 aliphatic rings. The Morgan fingerprint density at radius 2 is 1.53 bits per heavy atom. The highest BCUT2D eigenvalue weighted by molar-refractivity contribution is 7.86. The second kappa shape index (κ2) is 10.6. The van der Waals surface area contributed by atoms with Crippen molar-refractivity contribution in [2.24, 2.45) is 11.8 Å². The molecule has 0 bridgehead atoms. The van der Waals surface area contributed by atoms with Gasteiger partial charge >= 0.3 is 12.4 Å². The first-order chi connectivity index (χ1) is 17.7. The zero-order chi connectivity index (χ0) is 27.9. The molecule has 3 heterocycles. The maximum Gasteiger partial charge on any atom is 0.416 e. The standard InChI is InChI=1S/C23H28F6N4O4S/c24-22(25,26)17-7-5-15(6-8-17)11-30-20(34)19-4-2-10-33(19)21(35)16-3-1-9-31(12-16)38(36,37)32-13-18(14-32)23(27,28)29/h5-8,16,18-19H,1-4,9-14H2,(H,30,34)/t16-,19+/m0/s1. The van der Waals surface area contributed by atoms with Gasteiger partial charge in [0, 0.05) is 39.3 Å². The fourth-order valence-electron chi connectivity index (χ4n) is 5.01. The molecular weight excluding hydrogens is 542 g/mol. The number of likely N-dealkylation sites (tertiary alicyclic amines) is 1. The van der Waals surface area contributed by atoms with E-state index in [0.29, 0.717) is 37.8 Å². The minimum atomic E-state index is -4.47. The number of benzene rings is 1. The van der Waals surface area contributed by atoms with Gasteiger partial charge in [-0.15, -0.1) is 0 Å². The highest BCUT2D eigenvalue weighted by Crippen LogP contribution is 2.36. The number of alkyl halides is 6. The van der Waals surface area contributed by atoms with Crippen molar-refractivity contribution in [2.75, 3.05) is 32.7 Å². The first-order valence-electron chi connectivity index (χ1n) is 12.2. The van der Waals surface area contributed by atoms with E-state index >= 15 is 0 Å². The number of piperidine rings is 1. The summed E-state index contributed by atoms with van der Waals surface area (Å²) in [6.07, 6.45) is -7.28. The predicted octanol–water partition coefficient (Wildman–Crippen LogP) is 2.76. The van der Waals surface area contributed by atoms with E-state index in [0.717, 1.165) is 20.7 Å². The summed E-state index contributed by atoms with van der Waals surface area (Å²) >= 11 is 0. The van der Waals surface area contributed by atoms with Crippen LogP contribution in [0, 0.1) is 11.8 Å². The monoisotopic (exact) mass is 570 g/mol. The Labute approximate surface area is 216 Å². The van der Waals surface area contributed by atoms with Crippen LogP contribution in [-0.2, 0) is 32.5 Å². The molecule has 1 N–H and O–H groups in total. The predicted molar refractivity (Wildman–Crippen MR) is 122 cm³/mol. The number of halogens is 6. The van der Waals surface area contributed by atoms with Crippen molar-refractivity contribution in [3.8, 4) is 0 Å². The molecule has 38 heavy (non-hydrogen) atoms. The number of nitrogens with one attached hydrogen (secondary N) is 1. The molecular formula is C23H28F6N4O4S. The molecule has 3 aliphatic heterocycles. The summed E-state index contributed by atoms with van der Waals surface area (Å²) in [5, 5.41) is 2.65. The van der Waals surface area contributed by atoms with E-state index in [4.69, 9.17) is 0 Å². The van der Waals surface area contributed by atoms with E-state index in [2.05, 4.69) is 5.32 Å². The van der Waals surface area contributed by atoms with Crippen LogP contribution < -0.4 is 5.32 Å². The summed E-state index contributed by atoms with van der Waals surface area (Å²) in [7, 11) is -4.14. The molecule has 2 atom stereocenters. The van der Waals surface area contributed by atoms with Gasteiger partial charge in [-0.25, -0.2) is 0 Å². The zero-order valence-electron chi connectivity index (χ0n) is 20.3. The first-order valence-corrected chi connectivity index (χ1v) is 13.6. The molecule has 3 fully saturated rings. The molecule has 0 aromatic heterocycles. The van der Waals surface area contributed by atoms with E-state index in [-0.39, 0.29) is 19.6 Å². The molecule has 0 unspecified atom stereocenters. The lowest BCUT2D eigenvalue weighted by molar-refractivity contribution is -0.198. The molecule has 3 saturated heterocycles. The third kappa shape index (κ3) is 6.09. The van der Waals surface area contributed by atoms with Crippen LogP contribution >= 0.6 is 0 Å². The summed E-state index contributed by atoms with van der Waals surface area (Å²) in [4.78, 5) is 27.5. The van der Waals surface area contributed by atoms with Gasteiger partial charge in [0.05, 0.1) is 17.4 Å². The van der Waals surface area contributed by atoms with Gasteiger partial charge in [0.2, 0.25) is 11.8 Å². The number of rotatable bonds is 6. The molecule has 0 aliphatic carbocycles. The molecule has 0 spiro atoms. The van der Waals surface area contributed by atoms with Crippen molar-refractivity contribution in [1.29, 1.82) is 0 Å². The molecule has 0 radical (unpaired) electrons. The fraction of sp³-hybridized carbons (Fsp3) is 0.652. The first kappa shape index (κ1) is 28.6. The lowest BCUT2D eigenvalue weighted by atomic mass is 9.97. The van der Waals surface area contributed by atoms with Crippen molar-refractivity contribution in [3.05, 3.63) is 35.4 Å². The highest BCUT2D eigenvalue weighted by atomic mass is 32.2. The summed E-state index contributed by atoms with van der Waals surface area (Å²) in [6, 6.07) is 3.55. The van der Waals surface area contributed by atoms with Crippen LogP contribution in [0.3, 0.4) is 0 Å². The number of amides is 2. The van der Waals surface area contributed by atoms with Crippen LogP contribution in [0.5, 0.6) is 0 Å². The van der Waals surface area contributed by atoms with E-state index in [9.17, 15) is 44.3 Å². The van der Waals surface area contributed by atoms with Gasteiger partial charge in [-0.3, -0.25) is 9.59 Å². The Morgan fingerprint density at radius 3 is 2.13 bits per heavy atom. The van der Waals surface area contributed by atoms with Gasteiger partial charge in [0.15, 0.2) is 0 Å². The second-order valence-corrected chi connectivity index (χ2v) is 11.8. The van der Waals surface area contributed by atoms with Crippen LogP contribution in [0.1, 0.15) is 36.8 Å². The molecule has 4 rings (SSSR count). The van der Waals surface area contributed by atoms with E-state index in [1.165, 1.54) is 17.0 Å². The Kier molecular flexibility index (Phi) is 8.01. The molecule has 15 heteroatoms.